The molecular formula is C22H19F3N2O2. The number of aryl methyl sites for hydroxylation is 1. The molecule has 0 unspecified atom stereocenters. The molecule has 1 aromatic heterocycles. The predicted octanol–water partition coefficient (Wildman–Crippen LogP) is 4.68. The van der Waals surface area contributed by atoms with Gasteiger partial charge in [-0.1, -0.05) is 24.8 Å². The molecule has 0 aliphatic heterocycles. The van der Waals surface area contributed by atoms with Gasteiger partial charge in [-0.3, -0.25) is 14.2 Å². The second kappa shape index (κ2) is 7.58. The molecule has 1 amide bonds. The van der Waals surface area contributed by atoms with Gasteiger partial charge in [0.05, 0.1) is 17.1 Å². The Kier molecular flexibility index (Phi) is 5.33. The van der Waals surface area contributed by atoms with Crippen molar-refractivity contribution >= 4 is 16.8 Å². The zero-order valence-electron chi connectivity index (χ0n) is 15.9. The number of benzene rings is 2. The van der Waals surface area contributed by atoms with Crippen molar-refractivity contribution in [1.82, 2.24) is 9.88 Å². The van der Waals surface area contributed by atoms with E-state index >= 15 is 0 Å². The van der Waals surface area contributed by atoms with Crippen molar-refractivity contribution in [3.63, 3.8) is 0 Å². The van der Waals surface area contributed by atoms with E-state index in [9.17, 15) is 22.8 Å². The topological polar surface area (TPSA) is 51.1 Å². The van der Waals surface area contributed by atoms with Gasteiger partial charge < -0.3 is 5.32 Å². The normalized spacial score (nSPS) is 12.6. The van der Waals surface area contributed by atoms with Gasteiger partial charge in [0, 0.05) is 16.6 Å². The van der Waals surface area contributed by atoms with Gasteiger partial charge in [-0.05, 0) is 55.8 Å². The highest BCUT2D eigenvalue weighted by Crippen LogP contribution is 2.30. The lowest BCUT2D eigenvalue weighted by Gasteiger charge is -2.20. The molecule has 0 saturated heterocycles. The number of para-hydroxylation sites is 1. The first kappa shape index (κ1) is 20.4. The highest BCUT2D eigenvalue weighted by Gasteiger charge is 2.30. The Morgan fingerprint density at radius 3 is 2.34 bits per heavy atom. The highest BCUT2D eigenvalue weighted by atomic mass is 19.4. The van der Waals surface area contributed by atoms with E-state index in [4.69, 9.17) is 0 Å². The minimum atomic E-state index is -4.46. The first-order valence-electron chi connectivity index (χ1n) is 8.90. The van der Waals surface area contributed by atoms with Crippen molar-refractivity contribution < 1.29 is 18.0 Å². The Morgan fingerprint density at radius 2 is 1.76 bits per heavy atom. The smallest absolute Gasteiger partial charge is 0.346 e. The summed E-state index contributed by atoms with van der Waals surface area (Å²) in [6.45, 7) is 6.87. The van der Waals surface area contributed by atoms with Gasteiger partial charge in [0.1, 0.15) is 0 Å². The number of fused-ring (bicyclic) bond motifs is 1. The van der Waals surface area contributed by atoms with Crippen molar-refractivity contribution in [2.45, 2.75) is 26.1 Å². The van der Waals surface area contributed by atoms with E-state index < -0.39 is 29.2 Å². The quantitative estimate of drug-likeness (QED) is 0.647. The summed E-state index contributed by atoms with van der Waals surface area (Å²) in [5.41, 5.74) is 0.739. The number of amides is 1. The number of nitrogens with one attached hydrogen (secondary N) is 1. The van der Waals surface area contributed by atoms with E-state index in [1.54, 1.807) is 26.0 Å². The van der Waals surface area contributed by atoms with Crippen molar-refractivity contribution in [2.24, 2.45) is 0 Å². The SMILES string of the molecule is C=CC(=O)N[C@@H](C)c1c(C)c2ccccc2n(-c2ccc(C(F)(F)F)cc2)c1=O. The van der Waals surface area contributed by atoms with Gasteiger partial charge in [-0.25, -0.2) is 0 Å². The standard InChI is InChI=1S/C22H19F3N2O2/c1-4-19(28)26-14(3)20-13(2)17-7-5-6-8-18(17)27(21(20)29)16-11-9-15(10-12-16)22(23,24)25/h4-12,14H,1H2,2-3H3,(H,26,28)/t14-/m0/s1. The maximum atomic E-state index is 13.4. The Balaban J connectivity index is 2.28. The summed E-state index contributed by atoms with van der Waals surface area (Å²) in [7, 11) is 0. The minimum Gasteiger partial charge on any atom is -0.346 e. The van der Waals surface area contributed by atoms with E-state index in [-0.39, 0.29) is 0 Å². The lowest BCUT2D eigenvalue weighted by atomic mass is 9.99. The molecule has 3 rings (SSSR count). The molecule has 4 nitrogen and oxygen atoms in total. The lowest BCUT2D eigenvalue weighted by Crippen LogP contribution is -2.33. The molecule has 3 aromatic rings. The van der Waals surface area contributed by atoms with Crippen LogP contribution in [0.5, 0.6) is 0 Å². The molecule has 0 radical (unpaired) electrons. The zero-order chi connectivity index (χ0) is 21.3. The second-order valence-corrected chi connectivity index (χ2v) is 6.68. The van der Waals surface area contributed by atoms with Crippen molar-refractivity contribution in [3.05, 3.63) is 88.2 Å². The second-order valence-electron chi connectivity index (χ2n) is 6.68. The van der Waals surface area contributed by atoms with Crippen LogP contribution >= 0.6 is 0 Å². The number of rotatable bonds is 4. The third kappa shape index (κ3) is 3.81. The Morgan fingerprint density at radius 1 is 1.14 bits per heavy atom. The van der Waals surface area contributed by atoms with Crippen LogP contribution in [0.3, 0.4) is 0 Å². The van der Waals surface area contributed by atoms with Crippen molar-refractivity contribution in [2.75, 3.05) is 0 Å². The first-order valence-corrected chi connectivity index (χ1v) is 8.90. The number of alkyl halides is 3. The number of pyridine rings is 1. The van der Waals surface area contributed by atoms with Gasteiger partial charge in [0.25, 0.3) is 5.56 Å². The van der Waals surface area contributed by atoms with Crippen molar-refractivity contribution in [1.29, 1.82) is 0 Å². The molecule has 0 saturated carbocycles. The fourth-order valence-corrected chi connectivity index (χ4v) is 3.43. The molecule has 0 aliphatic rings. The molecule has 7 heteroatoms. The van der Waals surface area contributed by atoms with Crippen LogP contribution in [-0.2, 0) is 11.0 Å². The number of hydrogen-bond acceptors (Lipinski definition) is 2. The van der Waals surface area contributed by atoms with Gasteiger partial charge in [0.2, 0.25) is 5.91 Å². The van der Waals surface area contributed by atoms with Crippen LogP contribution in [0.15, 0.2) is 66.0 Å². The Labute approximate surface area is 165 Å². The average Bonchev–Trinajstić information content (AvgIpc) is 2.67. The fraction of sp³-hybridized carbons (Fsp3) is 0.182. The van der Waals surface area contributed by atoms with Crippen molar-refractivity contribution in [3.8, 4) is 5.69 Å². The molecule has 150 valence electrons. The molecule has 2 aromatic carbocycles. The number of aromatic nitrogens is 1. The van der Waals surface area contributed by atoms with E-state index in [0.717, 1.165) is 23.6 Å². The number of carbonyl (C=O) groups excluding carboxylic acids is 1. The molecule has 0 bridgehead atoms. The van der Waals surface area contributed by atoms with Crippen LogP contribution < -0.4 is 10.9 Å². The number of carbonyl (C=O) groups is 1. The van der Waals surface area contributed by atoms with Crippen LogP contribution in [0.25, 0.3) is 16.6 Å². The van der Waals surface area contributed by atoms with E-state index in [0.29, 0.717) is 22.3 Å². The Bertz CT molecular complexity index is 1150. The molecule has 1 atom stereocenters. The molecular weight excluding hydrogens is 381 g/mol. The lowest BCUT2D eigenvalue weighted by molar-refractivity contribution is -0.137. The molecule has 0 aliphatic carbocycles. The predicted molar refractivity (Wildman–Crippen MR) is 106 cm³/mol. The van der Waals surface area contributed by atoms with Gasteiger partial charge in [-0.2, -0.15) is 13.2 Å². The maximum absolute atomic E-state index is 13.4. The third-order valence-electron chi connectivity index (χ3n) is 4.82. The maximum Gasteiger partial charge on any atom is 0.416 e. The zero-order valence-corrected chi connectivity index (χ0v) is 15.9. The fourth-order valence-electron chi connectivity index (χ4n) is 3.43. The van der Waals surface area contributed by atoms with E-state index in [1.807, 2.05) is 12.1 Å². The summed E-state index contributed by atoms with van der Waals surface area (Å²) in [5, 5.41) is 3.45. The number of halogens is 3. The highest BCUT2D eigenvalue weighted by molar-refractivity contribution is 5.88. The largest absolute Gasteiger partial charge is 0.416 e. The number of hydrogen-bond donors (Lipinski definition) is 1. The van der Waals surface area contributed by atoms with E-state index in [1.165, 1.54) is 16.7 Å². The summed E-state index contributed by atoms with van der Waals surface area (Å²) in [6.07, 6.45) is -3.35. The molecule has 1 heterocycles. The summed E-state index contributed by atoms with van der Waals surface area (Å²) < 4.78 is 40.1. The van der Waals surface area contributed by atoms with Gasteiger partial charge >= 0.3 is 6.18 Å². The summed E-state index contributed by atoms with van der Waals surface area (Å²) >= 11 is 0. The Hall–Kier alpha value is -3.35. The van der Waals surface area contributed by atoms with Gasteiger partial charge in [0.15, 0.2) is 0 Å². The van der Waals surface area contributed by atoms with Crippen LogP contribution in [-0.4, -0.2) is 10.5 Å². The summed E-state index contributed by atoms with van der Waals surface area (Å²) in [6, 6.07) is 10.9. The minimum absolute atomic E-state index is 0.308. The van der Waals surface area contributed by atoms with Crippen LogP contribution in [0, 0.1) is 6.92 Å². The van der Waals surface area contributed by atoms with E-state index in [2.05, 4.69) is 11.9 Å². The van der Waals surface area contributed by atoms with Crippen LogP contribution in [0.2, 0.25) is 0 Å². The van der Waals surface area contributed by atoms with Crippen LogP contribution in [0.1, 0.15) is 29.7 Å². The molecule has 1 N–H and O–H groups in total. The molecule has 0 spiro atoms. The first-order chi connectivity index (χ1) is 13.6. The molecule has 29 heavy (non-hydrogen) atoms. The monoisotopic (exact) mass is 400 g/mol. The summed E-state index contributed by atoms with van der Waals surface area (Å²) in [4.78, 5) is 25.1. The third-order valence-corrected chi connectivity index (χ3v) is 4.82. The number of nitrogens with zero attached hydrogens (tertiary/aromatic N) is 1. The molecule has 0 fully saturated rings. The summed E-state index contributed by atoms with van der Waals surface area (Å²) in [5.74, 6) is -0.425. The average molecular weight is 400 g/mol. The van der Waals surface area contributed by atoms with Crippen LogP contribution in [0.4, 0.5) is 13.2 Å². The van der Waals surface area contributed by atoms with Gasteiger partial charge in [-0.15, -0.1) is 0 Å².